The molecule has 0 radical (unpaired) electrons. The van der Waals surface area contributed by atoms with Crippen molar-refractivity contribution >= 4 is 21.6 Å². The van der Waals surface area contributed by atoms with Gasteiger partial charge in [0.15, 0.2) is 0 Å². The topological polar surface area (TPSA) is 95.7 Å². The molecule has 2 aromatic carbocycles. The lowest BCUT2D eigenvalue weighted by atomic mass is 9.98. The van der Waals surface area contributed by atoms with E-state index in [-0.39, 0.29) is 16.8 Å². The number of carbonyl (C=O) groups excluding carboxylic acids is 1. The number of benzene rings is 2. The summed E-state index contributed by atoms with van der Waals surface area (Å²) in [6.07, 6.45) is 1.09. The molecule has 4 rings (SSSR count). The van der Waals surface area contributed by atoms with Crippen LogP contribution in [0.4, 0.5) is 5.69 Å². The number of piperazine rings is 1. The van der Waals surface area contributed by atoms with Crippen molar-refractivity contribution < 1.29 is 13.2 Å². The van der Waals surface area contributed by atoms with Crippen molar-refractivity contribution in [1.29, 1.82) is 0 Å². The molecule has 8 heteroatoms. The number of primary sulfonamides is 1. The number of hydrogen-bond donors (Lipinski definition) is 2. The number of amides is 1. The molecule has 2 unspecified atom stereocenters. The Morgan fingerprint density at radius 3 is 2.50 bits per heavy atom. The predicted octanol–water partition coefficient (Wildman–Crippen LogP) is 2.09. The van der Waals surface area contributed by atoms with Gasteiger partial charge < -0.3 is 10.2 Å². The summed E-state index contributed by atoms with van der Waals surface area (Å²) in [6.45, 7) is 7.65. The van der Waals surface area contributed by atoms with E-state index in [1.807, 2.05) is 30.3 Å². The molecule has 0 spiro atoms. The van der Waals surface area contributed by atoms with Gasteiger partial charge in [-0.2, -0.15) is 0 Å². The zero-order valence-corrected chi connectivity index (χ0v) is 18.2. The Bertz CT molecular complexity index is 1060. The maximum atomic E-state index is 12.4. The van der Waals surface area contributed by atoms with Gasteiger partial charge in [-0.1, -0.05) is 31.2 Å². The van der Waals surface area contributed by atoms with Gasteiger partial charge in [0.2, 0.25) is 10.0 Å². The summed E-state index contributed by atoms with van der Waals surface area (Å²) in [7, 11) is -3.93. The van der Waals surface area contributed by atoms with E-state index in [2.05, 4.69) is 29.0 Å². The van der Waals surface area contributed by atoms with Gasteiger partial charge in [0.25, 0.3) is 5.91 Å². The Kier molecular flexibility index (Phi) is 5.57. The first-order valence-electron chi connectivity index (χ1n) is 10.3. The Morgan fingerprint density at radius 2 is 1.83 bits per heavy atom. The molecular formula is C22H28N4O3S. The summed E-state index contributed by atoms with van der Waals surface area (Å²) in [5.41, 5.74) is 2.80. The van der Waals surface area contributed by atoms with Crippen LogP contribution in [-0.4, -0.2) is 51.4 Å². The largest absolute Gasteiger partial charge is 0.368 e. The third-order valence-corrected chi connectivity index (χ3v) is 7.22. The maximum absolute atomic E-state index is 12.4. The normalized spacial score (nSPS) is 20.7. The number of anilines is 1. The van der Waals surface area contributed by atoms with E-state index >= 15 is 0 Å². The van der Waals surface area contributed by atoms with Gasteiger partial charge >= 0.3 is 0 Å². The van der Waals surface area contributed by atoms with Crippen LogP contribution in [0.25, 0.3) is 0 Å². The van der Waals surface area contributed by atoms with Gasteiger partial charge in [0.1, 0.15) is 4.90 Å². The second-order valence-electron chi connectivity index (χ2n) is 8.05. The predicted molar refractivity (Wildman–Crippen MR) is 117 cm³/mol. The molecule has 2 atom stereocenters. The van der Waals surface area contributed by atoms with Gasteiger partial charge in [0.05, 0.1) is 11.7 Å². The second-order valence-corrected chi connectivity index (χ2v) is 9.58. The van der Waals surface area contributed by atoms with E-state index < -0.39 is 10.0 Å². The van der Waals surface area contributed by atoms with E-state index in [9.17, 15) is 13.2 Å². The highest BCUT2D eigenvalue weighted by molar-refractivity contribution is 7.89. The van der Waals surface area contributed by atoms with Crippen LogP contribution >= 0.6 is 0 Å². The highest BCUT2D eigenvalue weighted by atomic mass is 32.2. The molecule has 2 aromatic rings. The van der Waals surface area contributed by atoms with Crippen LogP contribution in [0.2, 0.25) is 0 Å². The first kappa shape index (κ1) is 20.8. The summed E-state index contributed by atoms with van der Waals surface area (Å²) < 4.78 is 24.9. The summed E-state index contributed by atoms with van der Waals surface area (Å²) in [5, 5.41) is 8.54. The van der Waals surface area contributed by atoms with E-state index in [1.54, 1.807) is 12.1 Å². The molecule has 0 bridgehead atoms. The standard InChI is InChI=1S/C22H28N4O3S/c1-3-15(2)25-10-12-26(13-11-25)19-9-8-16(14-20(19)30(23,28)29)21-17-6-4-5-7-18(17)22(27)24-21/h4-9,14-15,21H,3,10-13H2,1-2H3,(H,24,27)(H2,23,28,29). The van der Waals surface area contributed by atoms with Crippen LogP contribution in [0.3, 0.4) is 0 Å². The molecule has 30 heavy (non-hydrogen) atoms. The number of rotatable bonds is 5. The summed E-state index contributed by atoms with van der Waals surface area (Å²) in [4.78, 5) is 16.9. The lowest BCUT2D eigenvalue weighted by Gasteiger charge is -2.39. The van der Waals surface area contributed by atoms with Gasteiger partial charge in [-0.3, -0.25) is 9.69 Å². The molecule has 0 aromatic heterocycles. The Hall–Kier alpha value is -2.42. The fourth-order valence-electron chi connectivity index (χ4n) is 4.37. The van der Waals surface area contributed by atoms with Crippen molar-refractivity contribution in [1.82, 2.24) is 10.2 Å². The molecule has 2 aliphatic rings. The average molecular weight is 429 g/mol. The average Bonchev–Trinajstić information content (AvgIpc) is 3.09. The summed E-state index contributed by atoms with van der Waals surface area (Å²) >= 11 is 0. The van der Waals surface area contributed by atoms with Gasteiger partial charge in [-0.25, -0.2) is 13.6 Å². The highest BCUT2D eigenvalue weighted by Crippen LogP contribution is 2.35. The maximum Gasteiger partial charge on any atom is 0.252 e. The first-order valence-corrected chi connectivity index (χ1v) is 11.9. The Morgan fingerprint density at radius 1 is 1.13 bits per heavy atom. The Labute approximate surface area is 177 Å². The molecule has 7 nitrogen and oxygen atoms in total. The van der Waals surface area contributed by atoms with Crippen LogP contribution in [0, 0.1) is 0 Å². The first-order chi connectivity index (χ1) is 14.3. The van der Waals surface area contributed by atoms with Crippen LogP contribution < -0.4 is 15.4 Å². The molecule has 1 amide bonds. The zero-order chi connectivity index (χ0) is 21.5. The van der Waals surface area contributed by atoms with Crippen LogP contribution in [-0.2, 0) is 10.0 Å². The minimum atomic E-state index is -3.93. The van der Waals surface area contributed by atoms with Crippen molar-refractivity contribution in [3.05, 3.63) is 59.2 Å². The van der Waals surface area contributed by atoms with Crippen molar-refractivity contribution in [3.63, 3.8) is 0 Å². The van der Waals surface area contributed by atoms with Gasteiger partial charge in [-0.15, -0.1) is 0 Å². The minimum absolute atomic E-state index is 0.107. The molecule has 0 aliphatic carbocycles. The quantitative estimate of drug-likeness (QED) is 0.760. The van der Waals surface area contributed by atoms with Crippen molar-refractivity contribution in [3.8, 4) is 0 Å². The van der Waals surface area contributed by atoms with E-state index in [0.717, 1.165) is 38.2 Å². The van der Waals surface area contributed by atoms with Crippen LogP contribution in [0.15, 0.2) is 47.4 Å². The van der Waals surface area contributed by atoms with Crippen molar-refractivity contribution in [2.45, 2.75) is 37.2 Å². The molecule has 0 saturated carbocycles. The third-order valence-electron chi connectivity index (χ3n) is 6.28. The Balaban J connectivity index is 1.66. The lowest BCUT2D eigenvalue weighted by Crippen LogP contribution is -2.49. The minimum Gasteiger partial charge on any atom is -0.368 e. The molecule has 160 valence electrons. The molecule has 3 N–H and O–H groups in total. The van der Waals surface area contributed by atoms with E-state index in [1.165, 1.54) is 0 Å². The van der Waals surface area contributed by atoms with Crippen LogP contribution in [0.1, 0.15) is 47.8 Å². The van der Waals surface area contributed by atoms with E-state index in [4.69, 9.17) is 5.14 Å². The fourth-order valence-corrected chi connectivity index (χ4v) is 5.16. The number of sulfonamides is 1. The van der Waals surface area contributed by atoms with Gasteiger partial charge in [-0.05, 0) is 42.7 Å². The summed E-state index contributed by atoms with van der Waals surface area (Å²) in [6, 6.07) is 12.8. The number of hydrogen-bond acceptors (Lipinski definition) is 5. The van der Waals surface area contributed by atoms with Gasteiger partial charge in [0, 0.05) is 37.8 Å². The van der Waals surface area contributed by atoms with E-state index in [0.29, 0.717) is 22.9 Å². The number of nitrogens with zero attached hydrogens (tertiary/aromatic N) is 2. The third kappa shape index (κ3) is 3.82. The number of carbonyl (C=O) groups is 1. The number of nitrogens with one attached hydrogen (secondary N) is 1. The number of nitrogens with two attached hydrogens (primary N) is 1. The molecule has 1 saturated heterocycles. The highest BCUT2D eigenvalue weighted by Gasteiger charge is 2.31. The SMILES string of the molecule is CCC(C)N1CCN(c2ccc(C3NC(=O)c4ccccc43)cc2S(N)(=O)=O)CC1. The smallest absolute Gasteiger partial charge is 0.252 e. The molecule has 2 heterocycles. The second kappa shape index (κ2) is 8.02. The van der Waals surface area contributed by atoms with Crippen molar-refractivity contribution in [2.75, 3.05) is 31.1 Å². The lowest BCUT2D eigenvalue weighted by molar-refractivity contribution is 0.0960. The van der Waals surface area contributed by atoms with Crippen molar-refractivity contribution in [2.24, 2.45) is 5.14 Å². The molecule has 2 aliphatic heterocycles. The number of fused-ring (bicyclic) bond motifs is 1. The summed E-state index contributed by atoms with van der Waals surface area (Å²) in [5.74, 6) is -0.155. The zero-order valence-electron chi connectivity index (χ0n) is 17.3. The fraction of sp³-hybridized carbons (Fsp3) is 0.409. The molecular weight excluding hydrogens is 400 g/mol. The molecule has 1 fully saturated rings. The monoisotopic (exact) mass is 428 g/mol. The van der Waals surface area contributed by atoms with Crippen LogP contribution in [0.5, 0.6) is 0 Å².